The van der Waals surface area contributed by atoms with Gasteiger partial charge >= 0.3 is 0 Å². The van der Waals surface area contributed by atoms with Gasteiger partial charge in [-0.05, 0) is 74.4 Å². The van der Waals surface area contributed by atoms with Gasteiger partial charge in [-0.25, -0.2) is 0 Å². The minimum Gasteiger partial charge on any atom is -0.354 e. The number of hydrogen-bond donors (Lipinski definition) is 2. The van der Waals surface area contributed by atoms with E-state index in [1.165, 1.54) is 30.6 Å². The maximum Gasteiger partial charge on any atom is 0.225 e. The third kappa shape index (κ3) is 3.51. The lowest BCUT2D eigenvalue weighted by molar-refractivity contribution is -0.127. The van der Waals surface area contributed by atoms with Gasteiger partial charge in [-0.2, -0.15) is 0 Å². The Balaban J connectivity index is 1.40. The van der Waals surface area contributed by atoms with Gasteiger partial charge in [-0.3, -0.25) is 9.69 Å². The number of likely N-dealkylation sites (tertiary alicyclic amines) is 1. The molecule has 2 heterocycles. The minimum atomic E-state index is 0.0455. The van der Waals surface area contributed by atoms with Gasteiger partial charge in [0.2, 0.25) is 5.91 Å². The van der Waals surface area contributed by atoms with Crippen molar-refractivity contribution in [3.8, 4) is 0 Å². The van der Waals surface area contributed by atoms with Crippen molar-refractivity contribution in [3.63, 3.8) is 0 Å². The Bertz CT molecular complexity index is 580. The molecule has 2 saturated carbocycles. The molecular weight excluding hydrogens is 330 g/mol. The van der Waals surface area contributed by atoms with Crippen LogP contribution < -0.4 is 11.1 Å². The van der Waals surface area contributed by atoms with Gasteiger partial charge in [0, 0.05) is 17.5 Å². The normalized spacial score (nSPS) is 34.3. The second-order valence-electron chi connectivity index (χ2n) is 8.43. The molecule has 0 radical (unpaired) electrons. The summed E-state index contributed by atoms with van der Waals surface area (Å²) in [4.78, 5) is 16.8. The summed E-state index contributed by atoms with van der Waals surface area (Å²) in [5, 5.41) is 5.42. The highest BCUT2D eigenvalue weighted by Crippen LogP contribution is 2.47. The number of thiophene rings is 1. The Kier molecular flexibility index (Phi) is 5.16. The fraction of sp³-hybridized carbons (Fsp3) is 0.750. The van der Waals surface area contributed by atoms with E-state index in [0.29, 0.717) is 24.4 Å². The summed E-state index contributed by atoms with van der Waals surface area (Å²) in [6.45, 7) is 5.32. The Hall–Kier alpha value is -0.910. The zero-order chi connectivity index (χ0) is 17.4. The topological polar surface area (TPSA) is 58.4 Å². The number of nitrogens with zero attached hydrogens (tertiary/aromatic N) is 1. The molecule has 1 aromatic heterocycles. The summed E-state index contributed by atoms with van der Waals surface area (Å²) < 4.78 is 0. The Morgan fingerprint density at radius 1 is 1.32 bits per heavy atom. The van der Waals surface area contributed by atoms with Gasteiger partial charge in [-0.15, -0.1) is 11.3 Å². The van der Waals surface area contributed by atoms with E-state index in [1.54, 1.807) is 11.3 Å². The quantitative estimate of drug-likeness (QED) is 0.847. The molecule has 2 aliphatic carbocycles. The highest BCUT2D eigenvalue weighted by Gasteiger charge is 2.49. The number of carbonyl (C=O) groups excluding carboxylic acids is 1. The van der Waals surface area contributed by atoms with Crippen LogP contribution in [0.3, 0.4) is 0 Å². The van der Waals surface area contributed by atoms with Crippen LogP contribution in [-0.2, 0) is 4.79 Å². The molecule has 4 rings (SSSR count). The first-order valence-corrected chi connectivity index (χ1v) is 10.8. The van der Waals surface area contributed by atoms with E-state index in [9.17, 15) is 4.79 Å². The van der Waals surface area contributed by atoms with Crippen molar-refractivity contribution in [2.45, 2.75) is 51.1 Å². The minimum absolute atomic E-state index is 0.0455. The third-order valence-electron chi connectivity index (χ3n) is 6.88. The van der Waals surface area contributed by atoms with Crippen LogP contribution in [0.15, 0.2) is 17.5 Å². The van der Waals surface area contributed by atoms with Crippen molar-refractivity contribution in [1.82, 2.24) is 10.2 Å². The van der Waals surface area contributed by atoms with Crippen LogP contribution in [-0.4, -0.2) is 36.5 Å². The maximum absolute atomic E-state index is 12.8. The zero-order valence-electron chi connectivity index (χ0n) is 15.2. The summed E-state index contributed by atoms with van der Waals surface area (Å²) in [6, 6.07) is 4.72. The summed E-state index contributed by atoms with van der Waals surface area (Å²) in [5.74, 6) is 2.17. The maximum atomic E-state index is 12.8. The van der Waals surface area contributed by atoms with E-state index in [-0.39, 0.29) is 17.9 Å². The van der Waals surface area contributed by atoms with Gasteiger partial charge in [-0.1, -0.05) is 13.0 Å². The smallest absolute Gasteiger partial charge is 0.225 e. The molecule has 3 N–H and O–H groups in total. The van der Waals surface area contributed by atoms with Gasteiger partial charge in [0.25, 0.3) is 0 Å². The van der Waals surface area contributed by atoms with E-state index in [0.717, 1.165) is 25.4 Å². The van der Waals surface area contributed by atoms with Crippen LogP contribution in [0.1, 0.15) is 49.9 Å². The highest BCUT2D eigenvalue weighted by molar-refractivity contribution is 7.10. The summed E-state index contributed by atoms with van der Waals surface area (Å²) >= 11 is 1.80. The molecule has 1 aromatic rings. The summed E-state index contributed by atoms with van der Waals surface area (Å²) in [6.07, 6.45) is 6.09. The molecule has 25 heavy (non-hydrogen) atoms. The average molecular weight is 362 g/mol. The van der Waals surface area contributed by atoms with Gasteiger partial charge in [0.05, 0.1) is 12.0 Å². The van der Waals surface area contributed by atoms with E-state index in [2.05, 4.69) is 34.7 Å². The largest absolute Gasteiger partial charge is 0.354 e. The molecule has 3 fully saturated rings. The highest BCUT2D eigenvalue weighted by atomic mass is 32.1. The SMILES string of the molecule is CC1CCN(C(CNC(=O)C2C3CCC(C3)C2N)c2cccs2)CC1. The first-order chi connectivity index (χ1) is 12.1. The number of fused-ring (bicyclic) bond motifs is 2. The van der Waals surface area contributed by atoms with Crippen molar-refractivity contribution in [2.24, 2.45) is 29.4 Å². The molecule has 138 valence electrons. The van der Waals surface area contributed by atoms with Crippen LogP contribution in [0, 0.1) is 23.7 Å². The van der Waals surface area contributed by atoms with E-state index >= 15 is 0 Å². The van der Waals surface area contributed by atoms with Gasteiger partial charge in [0.15, 0.2) is 0 Å². The number of amides is 1. The molecule has 3 aliphatic rings. The number of hydrogen-bond acceptors (Lipinski definition) is 4. The van der Waals surface area contributed by atoms with Crippen molar-refractivity contribution >= 4 is 17.2 Å². The molecule has 1 amide bonds. The lowest BCUT2D eigenvalue weighted by atomic mass is 9.84. The molecule has 0 spiro atoms. The third-order valence-corrected chi connectivity index (χ3v) is 7.86. The van der Waals surface area contributed by atoms with Crippen LogP contribution in [0.2, 0.25) is 0 Å². The number of nitrogens with one attached hydrogen (secondary N) is 1. The fourth-order valence-electron chi connectivity index (χ4n) is 5.27. The van der Waals surface area contributed by atoms with Crippen molar-refractivity contribution < 1.29 is 4.79 Å². The van der Waals surface area contributed by atoms with Crippen LogP contribution in [0.25, 0.3) is 0 Å². The van der Waals surface area contributed by atoms with Crippen LogP contribution >= 0.6 is 11.3 Å². The Labute approximate surface area is 155 Å². The molecule has 1 saturated heterocycles. The predicted molar refractivity (Wildman–Crippen MR) is 102 cm³/mol. The average Bonchev–Trinajstić information content (AvgIpc) is 3.33. The van der Waals surface area contributed by atoms with Crippen molar-refractivity contribution in [1.29, 1.82) is 0 Å². The first kappa shape index (κ1) is 17.5. The standard InChI is InChI=1S/C20H31N3OS/c1-13-6-8-23(9-7-13)16(17-3-2-10-25-17)12-22-20(24)18-14-4-5-15(11-14)19(18)21/h2-3,10,13-16,18-19H,4-9,11-12,21H2,1H3,(H,22,24). The first-order valence-electron chi connectivity index (χ1n) is 9.94. The summed E-state index contributed by atoms with van der Waals surface area (Å²) in [7, 11) is 0. The van der Waals surface area contributed by atoms with Crippen LogP contribution in [0.5, 0.6) is 0 Å². The number of carbonyl (C=O) groups is 1. The molecule has 5 atom stereocenters. The molecular formula is C20H31N3OS. The van der Waals surface area contributed by atoms with Crippen LogP contribution in [0.4, 0.5) is 0 Å². The Morgan fingerprint density at radius 2 is 2.08 bits per heavy atom. The fourth-order valence-corrected chi connectivity index (χ4v) is 6.13. The van der Waals surface area contributed by atoms with Crippen molar-refractivity contribution in [2.75, 3.05) is 19.6 Å². The monoisotopic (exact) mass is 361 g/mol. The van der Waals surface area contributed by atoms with Gasteiger partial charge < -0.3 is 11.1 Å². The number of nitrogens with two attached hydrogens (primary N) is 1. The van der Waals surface area contributed by atoms with E-state index in [1.807, 2.05) is 0 Å². The van der Waals surface area contributed by atoms with Gasteiger partial charge in [0.1, 0.15) is 0 Å². The lowest BCUT2D eigenvalue weighted by Gasteiger charge is -2.37. The number of rotatable bonds is 5. The molecule has 0 aromatic carbocycles. The summed E-state index contributed by atoms with van der Waals surface area (Å²) in [5.41, 5.74) is 6.35. The molecule has 2 bridgehead atoms. The van der Waals surface area contributed by atoms with E-state index < -0.39 is 0 Å². The lowest BCUT2D eigenvalue weighted by Crippen LogP contribution is -2.48. The molecule has 5 unspecified atom stereocenters. The number of piperidine rings is 1. The predicted octanol–water partition coefficient (Wildman–Crippen LogP) is 3.01. The Morgan fingerprint density at radius 3 is 2.72 bits per heavy atom. The van der Waals surface area contributed by atoms with Crippen molar-refractivity contribution in [3.05, 3.63) is 22.4 Å². The second-order valence-corrected chi connectivity index (χ2v) is 9.41. The molecule has 1 aliphatic heterocycles. The van der Waals surface area contributed by atoms with E-state index in [4.69, 9.17) is 5.73 Å². The second kappa shape index (κ2) is 7.37. The zero-order valence-corrected chi connectivity index (χ0v) is 16.0. The molecule has 5 heteroatoms. The molecule has 4 nitrogen and oxygen atoms in total.